The Balaban J connectivity index is 2.77. The monoisotopic (exact) mass is 189 g/mol. The normalized spacial score (nSPS) is 9.85. The molecule has 0 saturated carbocycles. The molecule has 2 rings (SSSR count). The van der Waals surface area contributed by atoms with E-state index < -0.39 is 0 Å². The summed E-state index contributed by atoms with van der Waals surface area (Å²) >= 11 is 5.66. The molecule has 0 aliphatic heterocycles. The van der Waals surface area contributed by atoms with Crippen molar-refractivity contribution >= 4 is 22.6 Å². The van der Waals surface area contributed by atoms with Crippen LogP contribution in [-0.4, -0.2) is 9.97 Å². The van der Waals surface area contributed by atoms with Gasteiger partial charge in [-0.2, -0.15) is 5.26 Å². The Kier molecular flexibility index (Phi) is 1.84. The highest BCUT2D eigenvalue weighted by Gasteiger charge is 1.98. The highest BCUT2D eigenvalue weighted by atomic mass is 35.5. The van der Waals surface area contributed by atoms with Crippen molar-refractivity contribution in [2.45, 2.75) is 0 Å². The summed E-state index contributed by atoms with van der Waals surface area (Å²) in [5.74, 6) is 0. The van der Waals surface area contributed by atoms with Gasteiger partial charge in [0.15, 0.2) is 0 Å². The van der Waals surface area contributed by atoms with E-state index in [4.69, 9.17) is 16.9 Å². The third-order valence-corrected chi connectivity index (χ3v) is 1.82. The molecule has 3 nitrogen and oxygen atoms in total. The lowest BCUT2D eigenvalue weighted by atomic mass is 10.2. The van der Waals surface area contributed by atoms with Gasteiger partial charge in [-0.1, -0.05) is 11.6 Å². The molecule has 0 N–H and O–H groups in total. The molecule has 13 heavy (non-hydrogen) atoms. The Hall–Kier alpha value is -1.66. The van der Waals surface area contributed by atoms with Crippen molar-refractivity contribution in [2.24, 2.45) is 0 Å². The number of halogens is 1. The molecule has 0 unspecified atom stereocenters. The van der Waals surface area contributed by atoms with E-state index >= 15 is 0 Å². The lowest BCUT2D eigenvalue weighted by Crippen LogP contribution is -1.84. The molecule has 0 radical (unpaired) electrons. The smallest absolute Gasteiger partial charge is 0.148 e. The Bertz CT molecular complexity index is 502. The minimum Gasteiger partial charge on any atom is -0.251 e. The number of aromatic nitrogens is 2. The van der Waals surface area contributed by atoms with E-state index in [0.29, 0.717) is 16.2 Å². The van der Waals surface area contributed by atoms with Crippen LogP contribution in [0.5, 0.6) is 0 Å². The molecule has 1 aromatic heterocycles. The van der Waals surface area contributed by atoms with Gasteiger partial charge in [-0.3, -0.25) is 4.98 Å². The minimum atomic E-state index is 0.336. The quantitative estimate of drug-likeness (QED) is 0.638. The first-order chi connectivity index (χ1) is 6.29. The summed E-state index contributed by atoms with van der Waals surface area (Å²) in [6.45, 7) is 0. The van der Waals surface area contributed by atoms with Crippen LogP contribution >= 0.6 is 11.6 Å². The zero-order chi connectivity index (χ0) is 9.26. The maximum absolute atomic E-state index is 8.64. The van der Waals surface area contributed by atoms with Gasteiger partial charge in [-0.15, -0.1) is 0 Å². The van der Waals surface area contributed by atoms with Gasteiger partial charge >= 0.3 is 0 Å². The van der Waals surface area contributed by atoms with Crippen molar-refractivity contribution < 1.29 is 0 Å². The fraction of sp³-hybridized carbons (Fsp3) is 0. The van der Waals surface area contributed by atoms with Crippen LogP contribution in [0, 0.1) is 11.3 Å². The van der Waals surface area contributed by atoms with Crippen molar-refractivity contribution in [3.63, 3.8) is 0 Å². The van der Waals surface area contributed by atoms with Crippen LogP contribution < -0.4 is 0 Å². The third-order valence-electron chi connectivity index (χ3n) is 1.64. The van der Waals surface area contributed by atoms with E-state index in [0.717, 1.165) is 5.52 Å². The van der Waals surface area contributed by atoms with Gasteiger partial charge < -0.3 is 0 Å². The predicted octanol–water partition coefficient (Wildman–Crippen LogP) is 2.15. The fourth-order valence-electron chi connectivity index (χ4n) is 1.06. The van der Waals surface area contributed by atoms with Gasteiger partial charge in [-0.05, 0) is 18.2 Å². The minimum absolute atomic E-state index is 0.336. The van der Waals surface area contributed by atoms with Crippen LogP contribution in [0.1, 0.15) is 5.56 Å². The van der Waals surface area contributed by atoms with E-state index in [2.05, 4.69) is 9.97 Å². The summed E-state index contributed by atoms with van der Waals surface area (Å²) < 4.78 is 0. The summed E-state index contributed by atoms with van der Waals surface area (Å²) in [5.41, 5.74) is 1.94. The second-order valence-corrected chi connectivity index (χ2v) is 2.90. The molecule has 0 saturated heterocycles. The standard InChI is InChI=1S/C9H4ClN3/c10-9-5-12-7-2-1-6(4-11)3-8(7)13-9/h1-3,5H. The van der Waals surface area contributed by atoms with Gasteiger partial charge in [0, 0.05) is 0 Å². The molecule has 1 heterocycles. The van der Waals surface area contributed by atoms with Crippen molar-refractivity contribution in [1.82, 2.24) is 9.97 Å². The van der Waals surface area contributed by atoms with Gasteiger partial charge in [0.2, 0.25) is 0 Å². The lowest BCUT2D eigenvalue weighted by Gasteiger charge is -1.96. The summed E-state index contributed by atoms with van der Waals surface area (Å²) in [6.07, 6.45) is 1.48. The average Bonchev–Trinajstić information content (AvgIpc) is 2.16. The first-order valence-electron chi connectivity index (χ1n) is 3.62. The molecule has 0 aliphatic carbocycles. The topological polar surface area (TPSA) is 49.6 Å². The first-order valence-corrected chi connectivity index (χ1v) is 4.00. The van der Waals surface area contributed by atoms with Gasteiger partial charge in [-0.25, -0.2) is 4.98 Å². The Morgan fingerprint density at radius 2 is 2.15 bits per heavy atom. The molecule has 0 aliphatic rings. The molecule has 4 heteroatoms. The molecule has 0 fully saturated rings. The zero-order valence-corrected chi connectivity index (χ0v) is 7.28. The van der Waals surface area contributed by atoms with E-state index in [9.17, 15) is 0 Å². The van der Waals surface area contributed by atoms with Crippen molar-refractivity contribution in [2.75, 3.05) is 0 Å². The maximum atomic E-state index is 8.64. The number of hydrogen-bond donors (Lipinski definition) is 0. The second kappa shape index (κ2) is 3.00. The number of rotatable bonds is 0. The summed E-state index contributed by atoms with van der Waals surface area (Å²) in [5, 5.41) is 8.97. The van der Waals surface area contributed by atoms with E-state index in [-0.39, 0.29) is 0 Å². The van der Waals surface area contributed by atoms with Gasteiger partial charge in [0.05, 0.1) is 28.9 Å². The Morgan fingerprint density at radius 3 is 2.92 bits per heavy atom. The maximum Gasteiger partial charge on any atom is 0.148 e. The largest absolute Gasteiger partial charge is 0.251 e. The summed E-state index contributed by atoms with van der Waals surface area (Å²) in [7, 11) is 0. The van der Waals surface area contributed by atoms with Crippen LogP contribution in [-0.2, 0) is 0 Å². The number of benzene rings is 1. The number of fused-ring (bicyclic) bond motifs is 1. The fourth-order valence-corrected chi connectivity index (χ4v) is 1.20. The molecule has 0 spiro atoms. The van der Waals surface area contributed by atoms with Crippen LogP contribution in [0.4, 0.5) is 0 Å². The van der Waals surface area contributed by atoms with Crippen LogP contribution in [0.2, 0.25) is 5.15 Å². The predicted molar refractivity (Wildman–Crippen MR) is 49.3 cm³/mol. The molecule has 0 amide bonds. The van der Waals surface area contributed by atoms with E-state index in [1.807, 2.05) is 6.07 Å². The van der Waals surface area contributed by atoms with Crippen molar-refractivity contribution in [3.05, 3.63) is 35.1 Å². The number of nitrogens with zero attached hydrogens (tertiary/aromatic N) is 3. The SMILES string of the molecule is N#Cc1ccc2ncc(Cl)nc2c1. The molecular formula is C9H4ClN3. The van der Waals surface area contributed by atoms with Crippen LogP contribution in [0.15, 0.2) is 24.4 Å². The van der Waals surface area contributed by atoms with Gasteiger partial charge in [0.25, 0.3) is 0 Å². The molecule has 1 aromatic carbocycles. The summed E-state index contributed by atoms with van der Waals surface area (Å²) in [6, 6.07) is 7.14. The third kappa shape index (κ3) is 1.44. The van der Waals surface area contributed by atoms with E-state index in [1.165, 1.54) is 6.20 Å². The molecule has 2 aromatic rings. The van der Waals surface area contributed by atoms with Crippen molar-refractivity contribution in [3.8, 4) is 6.07 Å². The first kappa shape index (κ1) is 7.96. The Labute approximate surface area is 79.6 Å². The average molecular weight is 190 g/mol. The zero-order valence-electron chi connectivity index (χ0n) is 6.53. The highest BCUT2D eigenvalue weighted by Crippen LogP contribution is 2.13. The van der Waals surface area contributed by atoms with Crippen LogP contribution in [0.3, 0.4) is 0 Å². The molecule has 0 bridgehead atoms. The molecule has 0 atom stereocenters. The Morgan fingerprint density at radius 1 is 1.31 bits per heavy atom. The molecule has 62 valence electrons. The van der Waals surface area contributed by atoms with Crippen LogP contribution in [0.25, 0.3) is 11.0 Å². The second-order valence-electron chi connectivity index (χ2n) is 2.51. The summed E-state index contributed by atoms with van der Waals surface area (Å²) in [4.78, 5) is 8.09. The van der Waals surface area contributed by atoms with Crippen molar-refractivity contribution in [1.29, 1.82) is 5.26 Å². The number of nitriles is 1. The van der Waals surface area contributed by atoms with Gasteiger partial charge in [0.1, 0.15) is 5.15 Å². The number of hydrogen-bond acceptors (Lipinski definition) is 3. The van der Waals surface area contributed by atoms with E-state index in [1.54, 1.807) is 18.2 Å². The molecular weight excluding hydrogens is 186 g/mol. The lowest BCUT2D eigenvalue weighted by molar-refractivity contribution is 1.29. The highest BCUT2D eigenvalue weighted by molar-refractivity contribution is 6.29.